The van der Waals surface area contributed by atoms with Crippen molar-refractivity contribution in [1.82, 2.24) is 15.3 Å². The molecule has 1 aliphatic rings. The van der Waals surface area contributed by atoms with Gasteiger partial charge in [0.15, 0.2) is 9.84 Å². The van der Waals surface area contributed by atoms with Gasteiger partial charge in [-0.2, -0.15) is 13.2 Å². The zero-order valence-corrected chi connectivity index (χ0v) is 14.9. The van der Waals surface area contributed by atoms with Crippen LogP contribution in [0.2, 0.25) is 0 Å². The Labute approximate surface area is 152 Å². The van der Waals surface area contributed by atoms with E-state index in [0.717, 1.165) is 24.9 Å². The van der Waals surface area contributed by atoms with Crippen molar-refractivity contribution in [2.75, 3.05) is 24.7 Å². The van der Waals surface area contributed by atoms with Crippen LogP contribution in [-0.2, 0) is 14.6 Å². The van der Waals surface area contributed by atoms with Crippen molar-refractivity contribution >= 4 is 32.7 Å². The molecule has 1 fully saturated rings. The summed E-state index contributed by atoms with van der Waals surface area (Å²) >= 11 is 0. The topological polar surface area (TPSA) is 121 Å². The van der Waals surface area contributed by atoms with Gasteiger partial charge in [-0.15, -0.1) is 0 Å². The van der Waals surface area contributed by atoms with E-state index in [1.54, 1.807) is 24.4 Å². The van der Waals surface area contributed by atoms with Crippen LogP contribution in [0.1, 0.15) is 6.42 Å². The molecule has 2 heterocycles. The summed E-state index contributed by atoms with van der Waals surface area (Å²) in [5.74, 6) is -2.22. The van der Waals surface area contributed by atoms with Gasteiger partial charge in [-0.05, 0) is 31.2 Å². The number of rotatable bonds is 3. The van der Waals surface area contributed by atoms with E-state index in [0.29, 0.717) is 17.5 Å². The highest BCUT2D eigenvalue weighted by Gasteiger charge is 2.38. The molecule has 27 heavy (non-hydrogen) atoms. The van der Waals surface area contributed by atoms with Crippen molar-refractivity contribution in [1.29, 1.82) is 0 Å². The van der Waals surface area contributed by atoms with Gasteiger partial charge in [-0.25, -0.2) is 23.2 Å². The first-order chi connectivity index (χ1) is 12.5. The second-order valence-corrected chi connectivity index (χ2v) is 7.84. The van der Waals surface area contributed by atoms with E-state index in [1.807, 2.05) is 0 Å². The average Bonchev–Trinajstić information content (AvgIpc) is 3.06. The fourth-order valence-corrected chi connectivity index (χ4v) is 2.90. The SMILES string of the molecule is CS(=O)(=O)c1ccc2cnc(N[C@@H]3CCNC3)nc2c1.O=C(O)C(F)(F)F. The van der Waals surface area contributed by atoms with Gasteiger partial charge in [-0.3, -0.25) is 0 Å². The van der Waals surface area contributed by atoms with Crippen LogP contribution in [0.5, 0.6) is 0 Å². The van der Waals surface area contributed by atoms with Crippen LogP contribution < -0.4 is 10.6 Å². The third-order valence-corrected chi connectivity index (χ3v) is 4.73. The Bertz CT molecular complexity index is 928. The summed E-state index contributed by atoms with van der Waals surface area (Å²) in [5, 5.41) is 14.5. The highest BCUT2D eigenvalue weighted by atomic mass is 32.2. The molecular formula is C15H17F3N4O4S. The molecule has 12 heteroatoms. The van der Waals surface area contributed by atoms with Crippen LogP contribution in [0, 0.1) is 0 Å². The number of hydrogen-bond acceptors (Lipinski definition) is 7. The average molecular weight is 406 g/mol. The monoisotopic (exact) mass is 406 g/mol. The summed E-state index contributed by atoms with van der Waals surface area (Å²) in [5.41, 5.74) is 0.636. The van der Waals surface area contributed by atoms with E-state index in [2.05, 4.69) is 20.6 Å². The maximum absolute atomic E-state index is 11.6. The number of sulfone groups is 1. The quantitative estimate of drug-likeness (QED) is 0.700. The number of carboxylic acid groups (broad SMARTS) is 1. The first kappa shape index (κ1) is 20.8. The van der Waals surface area contributed by atoms with Gasteiger partial charge in [-0.1, -0.05) is 0 Å². The Kier molecular flexibility index (Phi) is 6.21. The molecule has 2 aromatic rings. The Balaban J connectivity index is 0.000000321. The van der Waals surface area contributed by atoms with Crippen molar-refractivity contribution in [3.05, 3.63) is 24.4 Å². The molecule has 148 valence electrons. The van der Waals surface area contributed by atoms with Crippen LogP contribution in [0.15, 0.2) is 29.3 Å². The lowest BCUT2D eigenvalue weighted by Crippen LogP contribution is -2.23. The number of fused-ring (bicyclic) bond motifs is 1. The third-order valence-electron chi connectivity index (χ3n) is 3.62. The van der Waals surface area contributed by atoms with Crippen molar-refractivity contribution < 1.29 is 31.5 Å². The number of halogens is 3. The summed E-state index contributed by atoms with van der Waals surface area (Å²) in [6.07, 6.45) is -1.15. The minimum atomic E-state index is -5.08. The number of nitrogens with zero attached hydrogens (tertiary/aromatic N) is 2. The summed E-state index contributed by atoms with van der Waals surface area (Å²) in [6, 6.07) is 5.22. The zero-order chi connectivity index (χ0) is 20.2. The largest absolute Gasteiger partial charge is 0.490 e. The molecular weight excluding hydrogens is 389 g/mol. The number of anilines is 1. The molecule has 0 spiro atoms. The standard InChI is InChI=1S/C13H16N4O2S.C2HF3O2/c1-20(18,19)11-3-2-9-7-15-13(17-12(9)6-11)16-10-4-5-14-8-10;3-2(4,5)1(6)7/h2-3,6-7,10,14H,4-5,8H2,1H3,(H,15,16,17);(H,6,7)/t10-;/m1./s1. The number of carbonyl (C=O) groups is 1. The molecule has 1 aliphatic heterocycles. The van der Waals surface area contributed by atoms with Crippen LogP contribution in [0.25, 0.3) is 10.9 Å². The van der Waals surface area contributed by atoms with E-state index < -0.39 is 22.0 Å². The third kappa shape index (κ3) is 6.03. The van der Waals surface area contributed by atoms with Crippen LogP contribution in [-0.4, -0.2) is 61.0 Å². The Hall–Kier alpha value is -2.47. The predicted octanol–water partition coefficient (Wildman–Crippen LogP) is 1.44. The number of hydrogen-bond donors (Lipinski definition) is 3. The van der Waals surface area contributed by atoms with Crippen molar-refractivity contribution in [3.8, 4) is 0 Å². The molecule has 1 saturated heterocycles. The highest BCUT2D eigenvalue weighted by molar-refractivity contribution is 7.90. The van der Waals surface area contributed by atoms with E-state index in [9.17, 15) is 21.6 Å². The minimum Gasteiger partial charge on any atom is -0.475 e. The molecule has 0 amide bonds. The second-order valence-electron chi connectivity index (χ2n) is 5.82. The smallest absolute Gasteiger partial charge is 0.475 e. The van der Waals surface area contributed by atoms with E-state index >= 15 is 0 Å². The van der Waals surface area contributed by atoms with Crippen molar-refractivity contribution in [2.24, 2.45) is 0 Å². The Morgan fingerprint density at radius 1 is 1.37 bits per heavy atom. The Morgan fingerprint density at radius 3 is 2.56 bits per heavy atom. The van der Waals surface area contributed by atoms with Crippen molar-refractivity contribution in [2.45, 2.75) is 23.5 Å². The first-order valence-electron chi connectivity index (χ1n) is 7.71. The molecule has 1 aromatic heterocycles. The molecule has 3 N–H and O–H groups in total. The lowest BCUT2D eigenvalue weighted by molar-refractivity contribution is -0.192. The Morgan fingerprint density at radius 2 is 2.04 bits per heavy atom. The molecule has 0 bridgehead atoms. The minimum absolute atomic E-state index is 0.275. The molecule has 1 atom stereocenters. The number of nitrogens with one attached hydrogen (secondary N) is 2. The fourth-order valence-electron chi connectivity index (χ4n) is 2.26. The van der Waals surface area contributed by atoms with E-state index in [1.165, 1.54) is 6.26 Å². The van der Waals surface area contributed by atoms with Gasteiger partial charge in [0.1, 0.15) is 0 Å². The molecule has 8 nitrogen and oxygen atoms in total. The molecule has 0 aliphatic carbocycles. The van der Waals surface area contributed by atoms with E-state index in [4.69, 9.17) is 9.90 Å². The summed E-state index contributed by atoms with van der Waals surface area (Å²) in [4.78, 5) is 17.8. The van der Waals surface area contributed by atoms with Crippen LogP contribution >= 0.6 is 0 Å². The number of aromatic nitrogens is 2. The number of alkyl halides is 3. The summed E-state index contributed by atoms with van der Waals surface area (Å²) in [7, 11) is -3.22. The van der Waals surface area contributed by atoms with Gasteiger partial charge in [0.25, 0.3) is 0 Å². The number of aliphatic carboxylic acids is 1. The molecule has 0 unspecified atom stereocenters. The van der Waals surface area contributed by atoms with Crippen LogP contribution in [0.3, 0.4) is 0 Å². The van der Waals surface area contributed by atoms with Crippen molar-refractivity contribution in [3.63, 3.8) is 0 Å². The van der Waals surface area contributed by atoms with Gasteiger partial charge >= 0.3 is 12.1 Å². The maximum Gasteiger partial charge on any atom is 0.490 e. The normalized spacial score (nSPS) is 17.3. The maximum atomic E-state index is 11.6. The molecule has 0 saturated carbocycles. The summed E-state index contributed by atoms with van der Waals surface area (Å²) < 4.78 is 54.9. The highest BCUT2D eigenvalue weighted by Crippen LogP contribution is 2.18. The zero-order valence-electron chi connectivity index (χ0n) is 14.1. The van der Waals surface area contributed by atoms with Crippen LogP contribution in [0.4, 0.5) is 19.1 Å². The second kappa shape index (κ2) is 8.05. The number of carboxylic acids is 1. The van der Waals surface area contributed by atoms with Gasteiger partial charge in [0, 0.05) is 30.4 Å². The van der Waals surface area contributed by atoms with Gasteiger partial charge in [0.05, 0.1) is 10.4 Å². The van der Waals surface area contributed by atoms with E-state index in [-0.39, 0.29) is 4.90 Å². The lowest BCUT2D eigenvalue weighted by Gasteiger charge is -2.11. The summed E-state index contributed by atoms with van der Waals surface area (Å²) in [6.45, 7) is 1.88. The molecule has 3 rings (SSSR count). The lowest BCUT2D eigenvalue weighted by atomic mass is 10.2. The van der Waals surface area contributed by atoms with Gasteiger partial charge in [0.2, 0.25) is 5.95 Å². The predicted molar refractivity (Wildman–Crippen MR) is 91.2 cm³/mol. The first-order valence-corrected chi connectivity index (χ1v) is 9.60. The van der Waals surface area contributed by atoms with Gasteiger partial charge < -0.3 is 15.7 Å². The molecule has 0 radical (unpaired) electrons. The fraction of sp³-hybridized carbons (Fsp3) is 0.400. The molecule has 1 aromatic carbocycles. The number of benzene rings is 1.